The van der Waals surface area contributed by atoms with Crippen LogP contribution in [-0.4, -0.2) is 32.3 Å². The maximum absolute atomic E-state index is 12.2. The van der Waals surface area contributed by atoms with Gasteiger partial charge >= 0.3 is 6.61 Å². The standard InChI is InChI=1S/C16H13F2N5O2/c1-10-20-14(15(24)21-11-3-2-8-19-9-11)22-23(10)12-4-6-13(7-5-12)25-16(17)18/h2-9,16H,1H3,(H,21,24). The number of benzene rings is 1. The minimum atomic E-state index is -2.89. The van der Waals surface area contributed by atoms with Crippen molar-refractivity contribution in [3.63, 3.8) is 0 Å². The Morgan fingerprint density at radius 1 is 1.24 bits per heavy atom. The van der Waals surface area contributed by atoms with E-state index in [2.05, 4.69) is 25.1 Å². The number of aromatic nitrogens is 4. The van der Waals surface area contributed by atoms with E-state index in [-0.39, 0.29) is 11.6 Å². The summed E-state index contributed by atoms with van der Waals surface area (Å²) in [5.74, 6) is 0.00620. The highest BCUT2D eigenvalue weighted by Crippen LogP contribution is 2.18. The van der Waals surface area contributed by atoms with Gasteiger partial charge in [0.25, 0.3) is 5.91 Å². The highest BCUT2D eigenvalue weighted by Gasteiger charge is 2.15. The molecule has 0 saturated carbocycles. The van der Waals surface area contributed by atoms with Gasteiger partial charge in [-0.15, -0.1) is 5.10 Å². The first-order chi connectivity index (χ1) is 12.0. The van der Waals surface area contributed by atoms with Crippen LogP contribution in [0.1, 0.15) is 16.4 Å². The van der Waals surface area contributed by atoms with Crippen LogP contribution >= 0.6 is 0 Å². The number of nitrogens with one attached hydrogen (secondary N) is 1. The fraction of sp³-hybridized carbons (Fsp3) is 0.125. The van der Waals surface area contributed by atoms with Gasteiger partial charge in [0.05, 0.1) is 17.6 Å². The highest BCUT2D eigenvalue weighted by atomic mass is 19.3. The van der Waals surface area contributed by atoms with Crippen molar-refractivity contribution < 1.29 is 18.3 Å². The van der Waals surface area contributed by atoms with Crippen molar-refractivity contribution in [1.82, 2.24) is 19.7 Å². The average molecular weight is 345 g/mol. The molecule has 1 aromatic carbocycles. The van der Waals surface area contributed by atoms with E-state index in [1.54, 1.807) is 37.4 Å². The van der Waals surface area contributed by atoms with Crippen LogP contribution in [0.2, 0.25) is 0 Å². The number of ether oxygens (including phenoxy) is 1. The zero-order chi connectivity index (χ0) is 17.8. The van der Waals surface area contributed by atoms with Gasteiger partial charge in [0.2, 0.25) is 5.82 Å². The molecule has 128 valence electrons. The molecule has 0 unspecified atom stereocenters. The lowest BCUT2D eigenvalue weighted by Crippen LogP contribution is -2.14. The first kappa shape index (κ1) is 16.5. The Bertz CT molecular complexity index is 866. The van der Waals surface area contributed by atoms with E-state index in [1.807, 2.05) is 0 Å². The van der Waals surface area contributed by atoms with E-state index in [0.29, 0.717) is 17.2 Å². The molecule has 25 heavy (non-hydrogen) atoms. The molecule has 0 aliphatic heterocycles. The molecule has 0 aliphatic rings. The molecule has 1 N–H and O–H groups in total. The number of carbonyl (C=O) groups excluding carboxylic acids is 1. The van der Waals surface area contributed by atoms with Crippen molar-refractivity contribution >= 4 is 11.6 Å². The van der Waals surface area contributed by atoms with Crippen molar-refractivity contribution in [2.24, 2.45) is 0 Å². The predicted molar refractivity (Wildman–Crippen MR) is 84.9 cm³/mol. The number of pyridine rings is 1. The molecule has 0 aliphatic carbocycles. The largest absolute Gasteiger partial charge is 0.435 e. The van der Waals surface area contributed by atoms with Crippen molar-refractivity contribution in [2.45, 2.75) is 13.5 Å². The molecule has 1 amide bonds. The second kappa shape index (κ2) is 7.04. The predicted octanol–water partition coefficient (Wildman–Crippen LogP) is 2.82. The Labute approximate surface area is 141 Å². The summed E-state index contributed by atoms with van der Waals surface area (Å²) >= 11 is 0. The number of nitrogens with zero attached hydrogens (tertiary/aromatic N) is 4. The molecule has 0 radical (unpaired) electrons. The van der Waals surface area contributed by atoms with E-state index >= 15 is 0 Å². The number of carbonyl (C=O) groups is 1. The maximum Gasteiger partial charge on any atom is 0.387 e. The maximum atomic E-state index is 12.2. The number of halogens is 2. The normalized spacial score (nSPS) is 10.7. The van der Waals surface area contributed by atoms with Crippen molar-refractivity contribution in [3.05, 3.63) is 60.4 Å². The van der Waals surface area contributed by atoms with Crippen LogP contribution in [0.15, 0.2) is 48.8 Å². The zero-order valence-corrected chi connectivity index (χ0v) is 13.1. The van der Waals surface area contributed by atoms with Gasteiger partial charge in [-0.2, -0.15) is 8.78 Å². The Morgan fingerprint density at radius 2 is 2.00 bits per heavy atom. The highest BCUT2D eigenvalue weighted by molar-refractivity contribution is 6.01. The zero-order valence-electron chi connectivity index (χ0n) is 13.1. The molecule has 9 heteroatoms. The van der Waals surface area contributed by atoms with Crippen LogP contribution in [0.5, 0.6) is 5.75 Å². The lowest BCUT2D eigenvalue weighted by molar-refractivity contribution is -0.0498. The number of alkyl halides is 2. The van der Waals surface area contributed by atoms with E-state index in [9.17, 15) is 13.6 Å². The van der Waals surface area contributed by atoms with Crippen LogP contribution in [-0.2, 0) is 0 Å². The van der Waals surface area contributed by atoms with Gasteiger partial charge in [-0.05, 0) is 43.3 Å². The minimum absolute atomic E-state index is 0.0192. The molecule has 2 heterocycles. The molecule has 0 atom stereocenters. The number of anilines is 1. The fourth-order valence-electron chi connectivity index (χ4n) is 2.12. The molecule has 7 nitrogen and oxygen atoms in total. The van der Waals surface area contributed by atoms with Gasteiger partial charge in [0, 0.05) is 6.20 Å². The number of rotatable bonds is 5. The SMILES string of the molecule is Cc1nc(C(=O)Nc2cccnc2)nn1-c1ccc(OC(F)F)cc1. The van der Waals surface area contributed by atoms with Crippen molar-refractivity contribution in [3.8, 4) is 11.4 Å². The van der Waals surface area contributed by atoms with Gasteiger partial charge in [-0.25, -0.2) is 9.67 Å². The molecule has 2 aromatic heterocycles. The molecule has 0 spiro atoms. The molecule has 0 saturated heterocycles. The van der Waals surface area contributed by atoms with Crippen molar-refractivity contribution in [1.29, 1.82) is 0 Å². The van der Waals surface area contributed by atoms with Gasteiger partial charge in [-0.1, -0.05) is 0 Å². The summed E-state index contributed by atoms with van der Waals surface area (Å²) in [7, 11) is 0. The smallest absolute Gasteiger partial charge is 0.387 e. The van der Waals surface area contributed by atoms with Crippen LogP contribution < -0.4 is 10.1 Å². The summed E-state index contributed by atoms with van der Waals surface area (Å²) in [4.78, 5) is 20.2. The van der Waals surface area contributed by atoms with Crippen LogP contribution in [0.3, 0.4) is 0 Å². The van der Waals surface area contributed by atoms with Gasteiger partial charge < -0.3 is 10.1 Å². The summed E-state index contributed by atoms with van der Waals surface area (Å²) in [5.41, 5.74) is 1.09. The van der Waals surface area contributed by atoms with Gasteiger partial charge in [0.15, 0.2) is 0 Å². The average Bonchev–Trinajstić information content (AvgIpc) is 2.98. The number of hydrogen-bond donors (Lipinski definition) is 1. The molecule has 0 fully saturated rings. The van der Waals surface area contributed by atoms with Crippen LogP contribution in [0.4, 0.5) is 14.5 Å². The number of aryl methyl sites for hydroxylation is 1. The molecular weight excluding hydrogens is 332 g/mol. The number of hydrogen-bond acceptors (Lipinski definition) is 5. The topological polar surface area (TPSA) is 81.9 Å². The Kier molecular flexibility index (Phi) is 4.64. The lowest BCUT2D eigenvalue weighted by Gasteiger charge is -2.06. The Balaban J connectivity index is 1.79. The second-order valence-electron chi connectivity index (χ2n) is 4.96. The Morgan fingerprint density at radius 3 is 2.64 bits per heavy atom. The lowest BCUT2D eigenvalue weighted by atomic mass is 10.3. The van der Waals surface area contributed by atoms with Crippen LogP contribution in [0.25, 0.3) is 5.69 Å². The van der Waals surface area contributed by atoms with Gasteiger partial charge in [0.1, 0.15) is 11.6 Å². The molecule has 3 aromatic rings. The molecule has 0 bridgehead atoms. The summed E-state index contributed by atoms with van der Waals surface area (Å²) in [5, 5.41) is 6.79. The molecule has 3 rings (SSSR count). The van der Waals surface area contributed by atoms with E-state index < -0.39 is 12.5 Å². The minimum Gasteiger partial charge on any atom is -0.435 e. The summed E-state index contributed by atoms with van der Waals surface area (Å²) in [6.45, 7) is -1.21. The van der Waals surface area contributed by atoms with Crippen molar-refractivity contribution in [2.75, 3.05) is 5.32 Å². The fourth-order valence-corrected chi connectivity index (χ4v) is 2.12. The van der Waals surface area contributed by atoms with Crippen LogP contribution in [0, 0.1) is 6.92 Å². The first-order valence-corrected chi connectivity index (χ1v) is 7.23. The van der Waals surface area contributed by atoms with E-state index in [4.69, 9.17) is 0 Å². The second-order valence-corrected chi connectivity index (χ2v) is 4.96. The van der Waals surface area contributed by atoms with E-state index in [1.165, 1.54) is 23.0 Å². The Hall–Kier alpha value is -3.36. The summed E-state index contributed by atoms with van der Waals surface area (Å²) in [6.07, 6.45) is 3.09. The third kappa shape index (κ3) is 3.94. The summed E-state index contributed by atoms with van der Waals surface area (Å²) < 4.78 is 30.1. The van der Waals surface area contributed by atoms with Gasteiger partial charge in [-0.3, -0.25) is 9.78 Å². The summed E-state index contributed by atoms with van der Waals surface area (Å²) in [6, 6.07) is 9.24. The quantitative estimate of drug-likeness (QED) is 0.769. The molecular formula is C16H13F2N5O2. The van der Waals surface area contributed by atoms with E-state index in [0.717, 1.165) is 0 Å². The monoisotopic (exact) mass is 345 g/mol. The first-order valence-electron chi connectivity index (χ1n) is 7.23. The third-order valence-corrected chi connectivity index (χ3v) is 3.20. The third-order valence-electron chi connectivity index (χ3n) is 3.20. The number of amides is 1.